The number of benzene rings is 9. The maximum absolute atomic E-state index is 5.23. The minimum absolute atomic E-state index is 0.715. The van der Waals surface area contributed by atoms with Crippen LogP contribution < -0.4 is 0 Å². The number of aromatic nitrogens is 5. The molecule has 0 N–H and O–H groups in total. The number of rotatable bonds is 6. The third-order valence-electron chi connectivity index (χ3n) is 13.5. The monoisotopic (exact) mass is 845 g/mol. The number of nitrogens with zero attached hydrogens (tertiary/aromatic N) is 5. The average molecular weight is 846 g/mol. The summed E-state index contributed by atoms with van der Waals surface area (Å²) in [5.41, 5.74) is 18.9. The summed E-state index contributed by atoms with van der Waals surface area (Å²) in [6, 6.07) is 75.0. The largest absolute Gasteiger partial charge is 0.309 e. The van der Waals surface area contributed by atoms with Crippen molar-refractivity contribution in [2.45, 2.75) is 20.8 Å². The van der Waals surface area contributed by atoms with E-state index in [0.29, 0.717) is 5.82 Å². The van der Waals surface area contributed by atoms with Gasteiger partial charge in [-0.25, -0.2) is 9.97 Å². The number of hydrogen-bond donors (Lipinski definition) is 0. The first-order valence-electron chi connectivity index (χ1n) is 22.7. The van der Waals surface area contributed by atoms with Gasteiger partial charge in [0.2, 0.25) is 0 Å². The van der Waals surface area contributed by atoms with Crippen molar-refractivity contribution < 1.29 is 0 Å². The Kier molecular flexibility index (Phi) is 8.49. The molecular formula is C61H43N5. The van der Waals surface area contributed by atoms with Gasteiger partial charge in [-0.15, -0.1) is 0 Å². The van der Waals surface area contributed by atoms with Gasteiger partial charge in [-0.1, -0.05) is 139 Å². The van der Waals surface area contributed by atoms with E-state index in [1.165, 1.54) is 65.5 Å². The maximum atomic E-state index is 5.23. The first-order valence-corrected chi connectivity index (χ1v) is 22.7. The molecule has 0 aliphatic heterocycles. The third kappa shape index (κ3) is 5.94. The van der Waals surface area contributed by atoms with Crippen molar-refractivity contribution in [3.05, 3.63) is 223 Å². The average Bonchev–Trinajstić information content (AvgIpc) is 3.99. The van der Waals surface area contributed by atoms with Crippen LogP contribution in [-0.2, 0) is 0 Å². The number of aryl methyl sites for hydroxylation is 3. The molecule has 5 heteroatoms. The highest BCUT2D eigenvalue weighted by molar-refractivity contribution is 6.14. The second kappa shape index (κ2) is 14.8. The summed E-state index contributed by atoms with van der Waals surface area (Å²) < 4.78 is 7.27. The van der Waals surface area contributed by atoms with Crippen LogP contribution >= 0.6 is 0 Å². The van der Waals surface area contributed by atoms with E-state index in [1.54, 1.807) is 0 Å². The Hall–Kier alpha value is -8.54. The first kappa shape index (κ1) is 38.0. The Morgan fingerprint density at radius 1 is 0.303 bits per heavy atom. The standard InChI is InChI=1S/C61H43N5/c1-38-20-24-41(25-21-38)53-37-54(63-61(62-53)42-26-22-39(2)23-27-42)46-31-28-43(34-40(46)3)64-59-32-29-44(65-55-16-8-4-12-47(55)48-13-5-9-17-56(48)65)35-51(59)52-36-45(30-33-60(52)64)66-57-18-10-6-14-49(57)50-15-7-11-19-58(50)66/h4-37H,1-3H3. The van der Waals surface area contributed by atoms with E-state index < -0.39 is 0 Å². The minimum atomic E-state index is 0.715. The zero-order valence-corrected chi connectivity index (χ0v) is 36.9. The highest BCUT2D eigenvalue weighted by Crippen LogP contribution is 2.40. The lowest BCUT2D eigenvalue weighted by Crippen LogP contribution is -1.99. The SMILES string of the molecule is Cc1ccc(-c2cc(-c3ccc(-n4c5ccc(-n6c7ccccc7c7ccccc76)cc5c5cc(-n6c7ccccc7c7ccccc76)ccc54)cc3C)nc(-c3ccc(C)cc3)n2)cc1. The van der Waals surface area contributed by atoms with Gasteiger partial charge in [-0.05, 0) is 105 Å². The van der Waals surface area contributed by atoms with Crippen molar-refractivity contribution in [3.8, 4) is 51.0 Å². The van der Waals surface area contributed by atoms with Crippen LogP contribution in [0.1, 0.15) is 16.7 Å². The van der Waals surface area contributed by atoms with Crippen molar-refractivity contribution in [2.24, 2.45) is 0 Å². The van der Waals surface area contributed by atoms with E-state index in [2.05, 4.69) is 241 Å². The van der Waals surface area contributed by atoms with Crippen molar-refractivity contribution in [2.75, 3.05) is 0 Å². The molecule has 0 unspecified atom stereocenters. The van der Waals surface area contributed by atoms with Gasteiger partial charge in [-0.3, -0.25) is 0 Å². The predicted molar refractivity (Wildman–Crippen MR) is 276 cm³/mol. The zero-order chi connectivity index (χ0) is 44.0. The first-order chi connectivity index (χ1) is 32.4. The van der Waals surface area contributed by atoms with Gasteiger partial charge in [0.05, 0.1) is 44.5 Å². The summed E-state index contributed by atoms with van der Waals surface area (Å²) in [6.45, 7) is 6.42. The van der Waals surface area contributed by atoms with Gasteiger partial charge < -0.3 is 13.7 Å². The molecule has 0 fully saturated rings. The molecule has 5 nitrogen and oxygen atoms in total. The highest BCUT2D eigenvalue weighted by atomic mass is 15.0. The molecule has 0 amide bonds. The zero-order valence-electron chi connectivity index (χ0n) is 36.9. The van der Waals surface area contributed by atoms with Crippen molar-refractivity contribution >= 4 is 65.4 Å². The normalized spacial score (nSPS) is 11.9. The van der Waals surface area contributed by atoms with Gasteiger partial charge in [0.25, 0.3) is 0 Å². The molecule has 312 valence electrons. The fraction of sp³-hybridized carbons (Fsp3) is 0.0492. The molecule has 66 heavy (non-hydrogen) atoms. The van der Waals surface area contributed by atoms with Crippen LogP contribution in [0.4, 0.5) is 0 Å². The fourth-order valence-electron chi connectivity index (χ4n) is 10.3. The topological polar surface area (TPSA) is 40.6 Å². The van der Waals surface area contributed by atoms with Crippen LogP contribution in [0.25, 0.3) is 116 Å². The Morgan fingerprint density at radius 3 is 1.14 bits per heavy atom. The van der Waals surface area contributed by atoms with E-state index in [1.807, 2.05) is 0 Å². The molecule has 13 aromatic rings. The smallest absolute Gasteiger partial charge is 0.160 e. The molecule has 0 saturated carbocycles. The van der Waals surface area contributed by atoms with Crippen molar-refractivity contribution in [1.29, 1.82) is 0 Å². The van der Waals surface area contributed by atoms with E-state index in [4.69, 9.17) is 9.97 Å². The van der Waals surface area contributed by atoms with Crippen LogP contribution in [0.3, 0.4) is 0 Å². The van der Waals surface area contributed by atoms with E-state index in [-0.39, 0.29) is 0 Å². The predicted octanol–water partition coefficient (Wildman–Crippen LogP) is 15.7. The summed E-state index contributed by atoms with van der Waals surface area (Å²) in [5, 5.41) is 7.38. The number of fused-ring (bicyclic) bond motifs is 9. The minimum Gasteiger partial charge on any atom is -0.309 e. The molecule has 0 spiro atoms. The van der Waals surface area contributed by atoms with E-state index in [0.717, 1.165) is 61.7 Å². The van der Waals surface area contributed by atoms with Crippen LogP contribution in [0.5, 0.6) is 0 Å². The second-order valence-corrected chi connectivity index (χ2v) is 17.7. The van der Waals surface area contributed by atoms with Crippen LogP contribution in [0, 0.1) is 20.8 Å². The van der Waals surface area contributed by atoms with Gasteiger partial charge in [0.15, 0.2) is 5.82 Å². The second-order valence-electron chi connectivity index (χ2n) is 17.7. The number of hydrogen-bond acceptors (Lipinski definition) is 2. The highest BCUT2D eigenvalue weighted by Gasteiger charge is 2.20. The molecular weight excluding hydrogens is 803 g/mol. The van der Waals surface area contributed by atoms with Crippen molar-refractivity contribution in [1.82, 2.24) is 23.7 Å². The molecule has 0 atom stereocenters. The fourth-order valence-corrected chi connectivity index (χ4v) is 10.3. The molecule has 0 radical (unpaired) electrons. The van der Waals surface area contributed by atoms with Crippen LogP contribution in [0.15, 0.2) is 206 Å². The summed E-state index contributed by atoms with van der Waals surface area (Å²) in [4.78, 5) is 10.3. The Labute approximate surface area is 382 Å². The molecule has 4 heterocycles. The molecule has 13 rings (SSSR count). The van der Waals surface area contributed by atoms with E-state index in [9.17, 15) is 0 Å². The van der Waals surface area contributed by atoms with Gasteiger partial charge >= 0.3 is 0 Å². The lowest BCUT2D eigenvalue weighted by Gasteiger charge is -2.14. The van der Waals surface area contributed by atoms with Crippen LogP contribution in [0.2, 0.25) is 0 Å². The molecule has 4 aromatic heterocycles. The van der Waals surface area contributed by atoms with Gasteiger partial charge in [0.1, 0.15) is 0 Å². The third-order valence-corrected chi connectivity index (χ3v) is 13.5. The summed E-state index contributed by atoms with van der Waals surface area (Å²) >= 11 is 0. The molecule has 0 bridgehead atoms. The summed E-state index contributed by atoms with van der Waals surface area (Å²) in [5.74, 6) is 0.715. The van der Waals surface area contributed by atoms with E-state index >= 15 is 0 Å². The summed E-state index contributed by atoms with van der Waals surface area (Å²) in [6.07, 6.45) is 0. The Bertz CT molecular complexity index is 3730. The Balaban J connectivity index is 1.02. The van der Waals surface area contributed by atoms with Crippen LogP contribution in [-0.4, -0.2) is 23.7 Å². The van der Waals surface area contributed by atoms with Gasteiger partial charge in [0, 0.05) is 66.1 Å². The molecule has 0 saturated heterocycles. The molecule has 9 aromatic carbocycles. The lowest BCUT2D eigenvalue weighted by molar-refractivity contribution is 1.15. The van der Waals surface area contributed by atoms with Gasteiger partial charge in [-0.2, -0.15) is 0 Å². The lowest BCUT2D eigenvalue weighted by atomic mass is 10.0. The quantitative estimate of drug-likeness (QED) is 0.167. The molecule has 0 aliphatic carbocycles. The maximum Gasteiger partial charge on any atom is 0.160 e. The Morgan fingerprint density at radius 2 is 0.682 bits per heavy atom. The number of para-hydroxylation sites is 4. The molecule has 0 aliphatic rings. The van der Waals surface area contributed by atoms with Crippen molar-refractivity contribution in [3.63, 3.8) is 0 Å². The summed E-state index contributed by atoms with van der Waals surface area (Å²) in [7, 11) is 0.